The molecule has 134 valence electrons. The summed E-state index contributed by atoms with van der Waals surface area (Å²) in [4.78, 5) is 24.8. The van der Waals surface area contributed by atoms with E-state index < -0.39 is 5.91 Å². The van der Waals surface area contributed by atoms with Gasteiger partial charge in [0.1, 0.15) is 0 Å². The van der Waals surface area contributed by atoms with Gasteiger partial charge in [-0.25, -0.2) is 4.68 Å². The third-order valence-corrected chi connectivity index (χ3v) is 4.18. The Morgan fingerprint density at radius 1 is 1.48 bits per heavy atom. The minimum atomic E-state index is -0.419. The average molecular weight is 345 g/mol. The summed E-state index contributed by atoms with van der Waals surface area (Å²) in [6.07, 6.45) is 0.854. The van der Waals surface area contributed by atoms with Crippen molar-refractivity contribution in [1.82, 2.24) is 35.4 Å². The fourth-order valence-electron chi connectivity index (χ4n) is 3.11. The van der Waals surface area contributed by atoms with Crippen LogP contribution in [0.2, 0.25) is 0 Å². The molecule has 0 unspecified atom stereocenters. The van der Waals surface area contributed by atoms with Crippen molar-refractivity contribution in [3.63, 3.8) is 0 Å². The van der Waals surface area contributed by atoms with Gasteiger partial charge in [-0.3, -0.25) is 14.3 Å². The predicted octanol–water partition coefficient (Wildman–Crippen LogP) is 0.408. The molecular formula is C16H23N7O2. The Balaban J connectivity index is 1.72. The molecule has 3 heterocycles. The zero-order valence-corrected chi connectivity index (χ0v) is 14.9. The number of rotatable bonds is 5. The number of hydrogen-bond acceptors (Lipinski definition) is 5. The molecule has 0 saturated heterocycles. The van der Waals surface area contributed by atoms with Crippen molar-refractivity contribution >= 4 is 11.8 Å². The van der Waals surface area contributed by atoms with Gasteiger partial charge in [0.2, 0.25) is 0 Å². The van der Waals surface area contributed by atoms with Gasteiger partial charge in [-0.05, 0) is 25.3 Å². The lowest BCUT2D eigenvalue weighted by Crippen LogP contribution is -2.46. The number of nitrogens with zero attached hydrogens (tertiary/aromatic N) is 5. The van der Waals surface area contributed by atoms with Crippen LogP contribution in [0.4, 0.5) is 0 Å². The second-order valence-corrected chi connectivity index (χ2v) is 6.85. The molecule has 2 N–H and O–H groups in total. The van der Waals surface area contributed by atoms with Crippen molar-refractivity contribution in [2.24, 2.45) is 13.0 Å². The van der Waals surface area contributed by atoms with Gasteiger partial charge in [0.15, 0.2) is 11.4 Å². The minimum absolute atomic E-state index is 0.00929. The number of nitrogens with one attached hydrogen (secondary N) is 2. The van der Waals surface area contributed by atoms with Crippen LogP contribution in [0, 0.1) is 12.8 Å². The minimum Gasteiger partial charge on any atom is -0.346 e. The van der Waals surface area contributed by atoms with Crippen LogP contribution in [0.3, 0.4) is 0 Å². The summed E-state index contributed by atoms with van der Waals surface area (Å²) in [5.74, 6) is -0.263. The average Bonchev–Trinajstić information content (AvgIpc) is 3.07. The Morgan fingerprint density at radius 3 is 2.88 bits per heavy atom. The molecule has 2 aromatic heterocycles. The SMILES string of the molecule is Cc1cc(CNC(=O)c2nnn3c2C(=O)N[C@@H](CC(C)C)C3)n(C)n1. The molecule has 9 heteroatoms. The quantitative estimate of drug-likeness (QED) is 0.816. The summed E-state index contributed by atoms with van der Waals surface area (Å²) in [7, 11) is 1.82. The monoisotopic (exact) mass is 345 g/mol. The van der Waals surface area contributed by atoms with E-state index in [1.165, 1.54) is 4.68 Å². The Labute approximate surface area is 145 Å². The van der Waals surface area contributed by atoms with Gasteiger partial charge in [0, 0.05) is 13.1 Å². The van der Waals surface area contributed by atoms with Gasteiger partial charge < -0.3 is 10.6 Å². The lowest BCUT2D eigenvalue weighted by atomic mass is 10.0. The van der Waals surface area contributed by atoms with Gasteiger partial charge in [0.25, 0.3) is 11.8 Å². The van der Waals surface area contributed by atoms with E-state index in [0.29, 0.717) is 19.0 Å². The molecule has 0 bridgehead atoms. The zero-order chi connectivity index (χ0) is 18.1. The third-order valence-electron chi connectivity index (χ3n) is 4.18. The van der Waals surface area contributed by atoms with Crippen LogP contribution in [0.5, 0.6) is 0 Å². The van der Waals surface area contributed by atoms with Crippen molar-refractivity contribution in [2.75, 3.05) is 0 Å². The Morgan fingerprint density at radius 2 is 2.24 bits per heavy atom. The highest BCUT2D eigenvalue weighted by Crippen LogP contribution is 2.16. The molecule has 0 aliphatic carbocycles. The molecule has 25 heavy (non-hydrogen) atoms. The standard InChI is InChI=1S/C16H23N7O2/c1-9(2)5-11-8-23-14(16(25)18-11)13(19-21-23)15(24)17-7-12-6-10(3)20-22(12)4/h6,9,11H,5,7-8H2,1-4H3,(H,17,24)(H,18,25)/t11-/m0/s1. The molecule has 2 aromatic rings. The van der Waals surface area contributed by atoms with Gasteiger partial charge in [-0.2, -0.15) is 5.10 Å². The van der Waals surface area contributed by atoms with Crippen molar-refractivity contribution in [3.05, 3.63) is 28.8 Å². The van der Waals surface area contributed by atoms with E-state index >= 15 is 0 Å². The topological polar surface area (TPSA) is 107 Å². The van der Waals surface area contributed by atoms with Crippen LogP contribution >= 0.6 is 0 Å². The highest BCUT2D eigenvalue weighted by molar-refractivity contribution is 6.05. The number of amides is 2. The number of fused-ring (bicyclic) bond motifs is 1. The summed E-state index contributed by atoms with van der Waals surface area (Å²) in [6.45, 7) is 6.92. The highest BCUT2D eigenvalue weighted by atomic mass is 16.2. The van der Waals surface area contributed by atoms with Crippen LogP contribution in [-0.2, 0) is 20.1 Å². The molecule has 2 amide bonds. The first kappa shape index (κ1) is 17.1. The van der Waals surface area contributed by atoms with Crippen molar-refractivity contribution in [2.45, 2.75) is 46.3 Å². The van der Waals surface area contributed by atoms with E-state index in [2.05, 4.69) is 39.9 Å². The van der Waals surface area contributed by atoms with E-state index in [-0.39, 0.29) is 23.3 Å². The Kier molecular flexibility index (Phi) is 4.56. The maximum atomic E-state index is 12.4. The molecule has 0 aromatic carbocycles. The maximum absolute atomic E-state index is 12.4. The summed E-state index contributed by atoms with van der Waals surface area (Å²) in [5, 5.41) is 17.9. The first-order valence-electron chi connectivity index (χ1n) is 8.37. The van der Waals surface area contributed by atoms with Gasteiger partial charge in [0.05, 0.1) is 24.5 Å². The third kappa shape index (κ3) is 3.54. The van der Waals surface area contributed by atoms with Crippen LogP contribution in [-0.4, -0.2) is 42.6 Å². The van der Waals surface area contributed by atoms with Crippen molar-refractivity contribution in [3.8, 4) is 0 Å². The molecule has 0 radical (unpaired) electrons. The fourth-order valence-corrected chi connectivity index (χ4v) is 3.11. The van der Waals surface area contributed by atoms with E-state index in [1.54, 1.807) is 4.68 Å². The molecule has 0 saturated carbocycles. The second-order valence-electron chi connectivity index (χ2n) is 6.85. The molecule has 3 rings (SSSR count). The summed E-state index contributed by atoms with van der Waals surface area (Å²) >= 11 is 0. The largest absolute Gasteiger partial charge is 0.346 e. The molecule has 1 aliphatic rings. The first-order chi connectivity index (χ1) is 11.8. The van der Waals surface area contributed by atoms with Gasteiger partial charge >= 0.3 is 0 Å². The zero-order valence-electron chi connectivity index (χ0n) is 14.9. The van der Waals surface area contributed by atoms with E-state index in [0.717, 1.165) is 17.8 Å². The number of carbonyl (C=O) groups excluding carboxylic acids is 2. The van der Waals surface area contributed by atoms with Crippen LogP contribution < -0.4 is 10.6 Å². The molecule has 1 atom stereocenters. The molecular weight excluding hydrogens is 322 g/mol. The lowest BCUT2D eigenvalue weighted by Gasteiger charge is -2.25. The Hall–Kier alpha value is -2.71. The van der Waals surface area contributed by atoms with E-state index in [9.17, 15) is 9.59 Å². The second kappa shape index (κ2) is 6.66. The van der Waals surface area contributed by atoms with Crippen LogP contribution in [0.25, 0.3) is 0 Å². The molecule has 0 fully saturated rings. The number of aryl methyl sites for hydroxylation is 2. The number of hydrogen-bond donors (Lipinski definition) is 2. The fraction of sp³-hybridized carbons (Fsp3) is 0.562. The molecule has 1 aliphatic heterocycles. The van der Waals surface area contributed by atoms with E-state index in [4.69, 9.17) is 0 Å². The summed E-state index contributed by atoms with van der Waals surface area (Å²) in [5.41, 5.74) is 2.02. The molecule has 9 nitrogen and oxygen atoms in total. The summed E-state index contributed by atoms with van der Waals surface area (Å²) in [6, 6.07) is 1.90. The predicted molar refractivity (Wildman–Crippen MR) is 89.8 cm³/mol. The van der Waals surface area contributed by atoms with Crippen molar-refractivity contribution in [1.29, 1.82) is 0 Å². The van der Waals surface area contributed by atoms with Gasteiger partial charge in [-0.1, -0.05) is 19.1 Å². The lowest BCUT2D eigenvalue weighted by molar-refractivity contribution is 0.0869. The van der Waals surface area contributed by atoms with Crippen molar-refractivity contribution < 1.29 is 9.59 Å². The smallest absolute Gasteiger partial charge is 0.274 e. The first-order valence-corrected chi connectivity index (χ1v) is 8.37. The van der Waals surface area contributed by atoms with Crippen LogP contribution in [0.1, 0.15) is 52.6 Å². The van der Waals surface area contributed by atoms with E-state index in [1.807, 2.05) is 20.0 Å². The number of aromatic nitrogens is 5. The number of carbonyl (C=O) groups is 2. The molecule has 0 spiro atoms. The normalized spacial score (nSPS) is 16.7. The maximum Gasteiger partial charge on any atom is 0.274 e. The summed E-state index contributed by atoms with van der Waals surface area (Å²) < 4.78 is 3.23. The van der Waals surface area contributed by atoms with Crippen LogP contribution in [0.15, 0.2) is 6.07 Å². The van der Waals surface area contributed by atoms with Gasteiger partial charge in [-0.15, -0.1) is 5.10 Å². The Bertz CT molecular complexity index is 806. The highest BCUT2D eigenvalue weighted by Gasteiger charge is 2.32.